The third kappa shape index (κ3) is 3.32. The third-order valence-electron chi connectivity index (χ3n) is 2.99. The number of benzene rings is 1. The molecular formula is C16H19NO2. The van der Waals surface area contributed by atoms with Crippen LogP contribution in [0.4, 0.5) is 0 Å². The summed E-state index contributed by atoms with van der Waals surface area (Å²) in [6.07, 6.45) is 1.64. The van der Waals surface area contributed by atoms with E-state index in [1.165, 1.54) is 0 Å². The summed E-state index contributed by atoms with van der Waals surface area (Å²) >= 11 is 0. The second kappa shape index (κ2) is 5.85. The minimum Gasteiger partial charge on any atom is -0.439 e. The Balaban J connectivity index is 2.33. The number of aliphatic hydroxyl groups excluding tert-OH is 1. The van der Waals surface area contributed by atoms with E-state index in [2.05, 4.69) is 31.0 Å². The van der Waals surface area contributed by atoms with Gasteiger partial charge in [0.25, 0.3) is 0 Å². The minimum absolute atomic E-state index is 0.0102. The molecule has 1 heterocycles. The summed E-state index contributed by atoms with van der Waals surface area (Å²) in [5.41, 5.74) is 3.10. The lowest BCUT2D eigenvalue weighted by molar-refractivity contribution is 0.281. The van der Waals surface area contributed by atoms with Gasteiger partial charge in [0.1, 0.15) is 5.75 Å². The fraction of sp³-hybridized carbons (Fsp3) is 0.312. The van der Waals surface area contributed by atoms with E-state index < -0.39 is 0 Å². The van der Waals surface area contributed by atoms with E-state index in [9.17, 15) is 0 Å². The van der Waals surface area contributed by atoms with Crippen LogP contribution in [-0.4, -0.2) is 10.1 Å². The molecule has 0 saturated carbocycles. The first kappa shape index (κ1) is 13.6. The molecule has 0 amide bonds. The van der Waals surface area contributed by atoms with Crippen molar-refractivity contribution in [3.05, 3.63) is 53.2 Å². The first-order valence-electron chi connectivity index (χ1n) is 6.44. The number of pyridine rings is 1. The Morgan fingerprint density at radius 2 is 2.00 bits per heavy atom. The molecule has 0 bridgehead atoms. The molecule has 1 aromatic carbocycles. The first-order chi connectivity index (χ1) is 9.10. The van der Waals surface area contributed by atoms with Crippen LogP contribution in [0.2, 0.25) is 0 Å². The fourth-order valence-electron chi connectivity index (χ4n) is 1.92. The maximum atomic E-state index is 9.13. The van der Waals surface area contributed by atoms with Gasteiger partial charge < -0.3 is 9.84 Å². The minimum atomic E-state index is -0.0102. The second-order valence-electron chi connectivity index (χ2n) is 4.96. The molecule has 19 heavy (non-hydrogen) atoms. The summed E-state index contributed by atoms with van der Waals surface area (Å²) in [7, 11) is 0. The van der Waals surface area contributed by atoms with Gasteiger partial charge in [0.05, 0.1) is 6.61 Å². The summed E-state index contributed by atoms with van der Waals surface area (Å²) in [5.74, 6) is 1.73. The molecule has 2 rings (SSSR count). The molecule has 0 saturated heterocycles. The smallest absolute Gasteiger partial charge is 0.219 e. The maximum absolute atomic E-state index is 9.13. The Hall–Kier alpha value is -1.87. The zero-order valence-electron chi connectivity index (χ0n) is 11.6. The van der Waals surface area contributed by atoms with Gasteiger partial charge in [0.15, 0.2) is 0 Å². The number of aromatic nitrogens is 1. The molecule has 0 aliphatic rings. The van der Waals surface area contributed by atoms with Crippen LogP contribution in [0.15, 0.2) is 36.5 Å². The Bertz CT molecular complexity index is 564. The average Bonchev–Trinajstić information content (AvgIpc) is 2.38. The van der Waals surface area contributed by atoms with Crippen LogP contribution in [0.25, 0.3) is 0 Å². The molecule has 0 unspecified atom stereocenters. The number of ether oxygens (including phenoxy) is 1. The number of aliphatic hydroxyl groups is 1. The van der Waals surface area contributed by atoms with E-state index in [-0.39, 0.29) is 6.61 Å². The van der Waals surface area contributed by atoms with E-state index in [1.54, 1.807) is 18.3 Å². The number of rotatable bonds is 4. The van der Waals surface area contributed by atoms with E-state index in [0.717, 1.165) is 22.4 Å². The highest BCUT2D eigenvalue weighted by Crippen LogP contribution is 2.30. The van der Waals surface area contributed by atoms with Gasteiger partial charge in [-0.2, -0.15) is 0 Å². The standard InChI is InChI=1S/C16H19NO2/c1-11(2)14-5-4-12(3)8-15(14)19-16-9-13(10-18)6-7-17-16/h4-9,11,18H,10H2,1-3H3. The van der Waals surface area contributed by atoms with Crippen molar-refractivity contribution < 1.29 is 9.84 Å². The Morgan fingerprint density at radius 1 is 1.21 bits per heavy atom. The van der Waals surface area contributed by atoms with Crippen molar-refractivity contribution in [2.75, 3.05) is 0 Å². The van der Waals surface area contributed by atoms with E-state index in [1.807, 2.05) is 13.0 Å². The highest BCUT2D eigenvalue weighted by atomic mass is 16.5. The average molecular weight is 257 g/mol. The number of nitrogens with zero attached hydrogens (tertiary/aromatic N) is 1. The highest BCUT2D eigenvalue weighted by Gasteiger charge is 2.10. The summed E-state index contributed by atoms with van der Waals surface area (Å²) in [6.45, 7) is 6.29. The van der Waals surface area contributed by atoms with Crippen LogP contribution >= 0.6 is 0 Å². The Labute approximate surface area is 113 Å². The molecule has 1 aromatic heterocycles. The molecule has 0 radical (unpaired) electrons. The van der Waals surface area contributed by atoms with E-state index in [4.69, 9.17) is 9.84 Å². The van der Waals surface area contributed by atoms with Crippen molar-refractivity contribution >= 4 is 0 Å². The van der Waals surface area contributed by atoms with Crippen molar-refractivity contribution in [2.24, 2.45) is 0 Å². The quantitative estimate of drug-likeness (QED) is 0.906. The van der Waals surface area contributed by atoms with Gasteiger partial charge in [-0.05, 0) is 41.7 Å². The predicted molar refractivity (Wildman–Crippen MR) is 75.5 cm³/mol. The molecule has 0 fully saturated rings. The lowest BCUT2D eigenvalue weighted by Gasteiger charge is -2.14. The molecule has 3 heteroatoms. The van der Waals surface area contributed by atoms with Crippen LogP contribution in [0.1, 0.15) is 36.5 Å². The van der Waals surface area contributed by atoms with Crippen molar-refractivity contribution in [1.29, 1.82) is 0 Å². The van der Waals surface area contributed by atoms with Crippen LogP contribution in [-0.2, 0) is 6.61 Å². The van der Waals surface area contributed by atoms with Gasteiger partial charge in [0.2, 0.25) is 5.88 Å². The Morgan fingerprint density at radius 3 is 2.68 bits per heavy atom. The predicted octanol–water partition coefficient (Wildman–Crippen LogP) is 3.80. The van der Waals surface area contributed by atoms with Crippen LogP contribution in [0.3, 0.4) is 0 Å². The van der Waals surface area contributed by atoms with Crippen LogP contribution in [0, 0.1) is 6.92 Å². The van der Waals surface area contributed by atoms with Gasteiger partial charge in [-0.25, -0.2) is 4.98 Å². The zero-order chi connectivity index (χ0) is 13.8. The van der Waals surface area contributed by atoms with Crippen LogP contribution < -0.4 is 4.74 Å². The lowest BCUT2D eigenvalue weighted by atomic mass is 10.0. The van der Waals surface area contributed by atoms with Crippen molar-refractivity contribution in [3.63, 3.8) is 0 Å². The van der Waals surface area contributed by atoms with E-state index >= 15 is 0 Å². The van der Waals surface area contributed by atoms with Gasteiger partial charge in [-0.15, -0.1) is 0 Å². The number of hydrogen-bond acceptors (Lipinski definition) is 3. The Kier molecular flexibility index (Phi) is 4.17. The second-order valence-corrected chi connectivity index (χ2v) is 4.96. The largest absolute Gasteiger partial charge is 0.439 e. The summed E-state index contributed by atoms with van der Waals surface area (Å²) in [6, 6.07) is 9.71. The van der Waals surface area contributed by atoms with Crippen LogP contribution in [0.5, 0.6) is 11.6 Å². The molecule has 0 spiro atoms. The fourth-order valence-corrected chi connectivity index (χ4v) is 1.92. The zero-order valence-corrected chi connectivity index (χ0v) is 11.6. The lowest BCUT2D eigenvalue weighted by Crippen LogP contribution is -1.96. The normalized spacial score (nSPS) is 10.8. The monoisotopic (exact) mass is 257 g/mol. The molecule has 0 aliphatic carbocycles. The molecule has 0 atom stereocenters. The molecule has 3 nitrogen and oxygen atoms in total. The summed E-state index contributed by atoms with van der Waals surface area (Å²) in [5, 5.41) is 9.13. The molecule has 2 aromatic rings. The summed E-state index contributed by atoms with van der Waals surface area (Å²) in [4.78, 5) is 4.18. The number of hydrogen-bond donors (Lipinski definition) is 1. The summed E-state index contributed by atoms with van der Waals surface area (Å²) < 4.78 is 5.87. The van der Waals surface area contributed by atoms with Gasteiger partial charge >= 0.3 is 0 Å². The van der Waals surface area contributed by atoms with Gasteiger partial charge in [-0.1, -0.05) is 26.0 Å². The van der Waals surface area contributed by atoms with Gasteiger partial charge in [0, 0.05) is 12.3 Å². The molecule has 100 valence electrons. The van der Waals surface area contributed by atoms with Crippen molar-refractivity contribution in [3.8, 4) is 11.6 Å². The maximum Gasteiger partial charge on any atom is 0.219 e. The molecule has 0 aliphatic heterocycles. The topological polar surface area (TPSA) is 42.4 Å². The first-order valence-corrected chi connectivity index (χ1v) is 6.44. The van der Waals surface area contributed by atoms with Gasteiger partial charge in [-0.3, -0.25) is 0 Å². The van der Waals surface area contributed by atoms with Crippen molar-refractivity contribution in [2.45, 2.75) is 33.3 Å². The number of aryl methyl sites for hydroxylation is 1. The molecular weight excluding hydrogens is 238 g/mol. The molecule has 1 N–H and O–H groups in total. The van der Waals surface area contributed by atoms with E-state index in [0.29, 0.717) is 11.8 Å². The SMILES string of the molecule is Cc1ccc(C(C)C)c(Oc2cc(CO)ccn2)c1. The third-order valence-corrected chi connectivity index (χ3v) is 2.99. The van der Waals surface area contributed by atoms with Crippen molar-refractivity contribution in [1.82, 2.24) is 4.98 Å². The highest BCUT2D eigenvalue weighted by molar-refractivity contribution is 5.41.